The SMILES string of the molecule is CC(C)[C@@H]1CC[C@@H](C)[C@@]2(O)C1=CC(=O)[C@@H]2[C@H](C)O. The van der Waals surface area contributed by atoms with Crippen molar-refractivity contribution in [1.29, 1.82) is 0 Å². The molecule has 0 aliphatic heterocycles. The summed E-state index contributed by atoms with van der Waals surface area (Å²) in [5, 5.41) is 20.9. The van der Waals surface area contributed by atoms with Gasteiger partial charge in [-0.3, -0.25) is 4.79 Å². The Morgan fingerprint density at radius 1 is 1.33 bits per heavy atom. The first-order valence-electron chi connectivity index (χ1n) is 6.96. The third kappa shape index (κ3) is 1.76. The van der Waals surface area contributed by atoms with Gasteiger partial charge in [0.1, 0.15) is 5.60 Å². The number of rotatable bonds is 2. The van der Waals surface area contributed by atoms with E-state index in [0.717, 1.165) is 18.4 Å². The molecule has 0 aromatic rings. The predicted octanol–water partition coefficient (Wildman–Crippen LogP) is 1.93. The fourth-order valence-corrected chi connectivity index (χ4v) is 3.85. The lowest BCUT2D eigenvalue weighted by Crippen LogP contribution is -2.53. The lowest BCUT2D eigenvalue weighted by molar-refractivity contribution is -0.135. The highest BCUT2D eigenvalue weighted by Crippen LogP contribution is 2.52. The molecule has 18 heavy (non-hydrogen) atoms. The Kier molecular flexibility index (Phi) is 3.41. The number of fused-ring (bicyclic) bond motifs is 1. The average molecular weight is 252 g/mol. The van der Waals surface area contributed by atoms with Crippen LogP contribution in [-0.4, -0.2) is 27.7 Å². The van der Waals surface area contributed by atoms with Gasteiger partial charge in [0.05, 0.1) is 12.0 Å². The van der Waals surface area contributed by atoms with Crippen LogP contribution >= 0.6 is 0 Å². The molecule has 0 heterocycles. The molecule has 2 rings (SSSR count). The number of aliphatic hydroxyl groups is 2. The summed E-state index contributed by atoms with van der Waals surface area (Å²) in [5.41, 5.74) is -0.259. The second kappa shape index (κ2) is 4.46. The number of hydrogen-bond acceptors (Lipinski definition) is 3. The van der Waals surface area contributed by atoms with Crippen molar-refractivity contribution < 1.29 is 15.0 Å². The zero-order valence-electron chi connectivity index (χ0n) is 11.7. The summed E-state index contributed by atoms with van der Waals surface area (Å²) >= 11 is 0. The molecule has 0 aromatic carbocycles. The highest BCUT2D eigenvalue weighted by molar-refractivity contribution is 5.98. The van der Waals surface area contributed by atoms with Gasteiger partial charge >= 0.3 is 0 Å². The summed E-state index contributed by atoms with van der Waals surface area (Å²) in [6, 6.07) is 0. The monoisotopic (exact) mass is 252 g/mol. The maximum atomic E-state index is 12.1. The van der Waals surface area contributed by atoms with Crippen LogP contribution in [0.3, 0.4) is 0 Å². The maximum absolute atomic E-state index is 12.1. The van der Waals surface area contributed by atoms with Crippen molar-refractivity contribution in [2.45, 2.75) is 52.2 Å². The number of allylic oxidation sites excluding steroid dienone is 1. The van der Waals surface area contributed by atoms with Crippen LogP contribution in [0.2, 0.25) is 0 Å². The molecule has 0 unspecified atom stereocenters. The summed E-state index contributed by atoms with van der Waals surface area (Å²) < 4.78 is 0. The molecule has 2 N–H and O–H groups in total. The van der Waals surface area contributed by atoms with Gasteiger partial charge in [-0.2, -0.15) is 0 Å². The lowest BCUT2D eigenvalue weighted by Gasteiger charge is -2.46. The number of ketones is 1. The van der Waals surface area contributed by atoms with Crippen LogP contribution in [0.1, 0.15) is 40.5 Å². The lowest BCUT2D eigenvalue weighted by atomic mass is 9.62. The van der Waals surface area contributed by atoms with Crippen LogP contribution < -0.4 is 0 Å². The summed E-state index contributed by atoms with van der Waals surface area (Å²) in [6.07, 6.45) is 2.74. The van der Waals surface area contributed by atoms with E-state index >= 15 is 0 Å². The average Bonchev–Trinajstić information content (AvgIpc) is 2.51. The second-order valence-corrected chi connectivity index (χ2v) is 6.37. The van der Waals surface area contributed by atoms with Gasteiger partial charge in [0.2, 0.25) is 0 Å². The molecular formula is C15H24O3. The fraction of sp³-hybridized carbons (Fsp3) is 0.800. The summed E-state index contributed by atoms with van der Waals surface area (Å²) in [5.74, 6) is -0.0783. The van der Waals surface area contributed by atoms with Crippen molar-refractivity contribution in [2.24, 2.45) is 23.7 Å². The van der Waals surface area contributed by atoms with E-state index in [9.17, 15) is 15.0 Å². The molecule has 1 saturated carbocycles. The first kappa shape index (κ1) is 13.8. The molecule has 102 valence electrons. The molecule has 2 aliphatic carbocycles. The van der Waals surface area contributed by atoms with Crippen molar-refractivity contribution in [2.75, 3.05) is 0 Å². The molecule has 0 spiro atoms. The first-order chi connectivity index (χ1) is 8.30. The van der Waals surface area contributed by atoms with E-state index in [4.69, 9.17) is 0 Å². The molecule has 0 bridgehead atoms. The number of hydrogen-bond donors (Lipinski definition) is 2. The molecular weight excluding hydrogens is 228 g/mol. The first-order valence-corrected chi connectivity index (χ1v) is 6.96. The van der Waals surface area contributed by atoms with E-state index in [2.05, 4.69) is 13.8 Å². The molecule has 5 atom stereocenters. The van der Waals surface area contributed by atoms with Crippen molar-refractivity contribution in [3.05, 3.63) is 11.6 Å². The summed E-state index contributed by atoms with van der Waals surface area (Å²) in [6.45, 7) is 7.84. The number of aliphatic hydroxyl groups excluding tert-OH is 1. The summed E-state index contributed by atoms with van der Waals surface area (Å²) in [7, 11) is 0. The minimum atomic E-state index is -1.13. The highest BCUT2D eigenvalue weighted by atomic mass is 16.3. The van der Waals surface area contributed by atoms with Crippen molar-refractivity contribution in [3.8, 4) is 0 Å². The van der Waals surface area contributed by atoms with E-state index in [-0.39, 0.29) is 17.6 Å². The van der Waals surface area contributed by atoms with Gasteiger partial charge in [-0.05, 0) is 49.2 Å². The zero-order chi connectivity index (χ0) is 13.7. The molecule has 3 heteroatoms. The van der Waals surface area contributed by atoms with Crippen molar-refractivity contribution >= 4 is 5.78 Å². The van der Waals surface area contributed by atoms with E-state index < -0.39 is 17.6 Å². The third-order valence-electron chi connectivity index (χ3n) is 4.89. The van der Waals surface area contributed by atoms with Gasteiger partial charge in [-0.1, -0.05) is 20.8 Å². The Morgan fingerprint density at radius 2 is 1.94 bits per heavy atom. The highest BCUT2D eigenvalue weighted by Gasteiger charge is 2.57. The van der Waals surface area contributed by atoms with Gasteiger partial charge in [-0.15, -0.1) is 0 Å². The van der Waals surface area contributed by atoms with Crippen LogP contribution in [0, 0.1) is 23.7 Å². The van der Waals surface area contributed by atoms with Crippen LogP contribution in [0.15, 0.2) is 11.6 Å². The van der Waals surface area contributed by atoms with Crippen molar-refractivity contribution in [3.63, 3.8) is 0 Å². The Morgan fingerprint density at radius 3 is 2.44 bits per heavy atom. The van der Waals surface area contributed by atoms with E-state index in [1.165, 1.54) is 0 Å². The Hall–Kier alpha value is -0.670. The van der Waals surface area contributed by atoms with Gasteiger partial charge in [-0.25, -0.2) is 0 Å². The largest absolute Gasteiger partial charge is 0.393 e. The van der Waals surface area contributed by atoms with Crippen LogP contribution in [0.4, 0.5) is 0 Å². The number of carbonyl (C=O) groups excluding carboxylic acids is 1. The van der Waals surface area contributed by atoms with Crippen LogP contribution in [0.25, 0.3) is 0 Å². The van der Waals surface area contributed by atoms with Gasteiger partial charge in [0, 0.05) is 0 Å². The number of carbonyl (C=O) groups is 1. The molecule has 0 amide bonds. The van der Waals surface area contributed by atoms with Crippen molar-refractivity contribution in [1.82, 2.24) is 0 Å². The quantitative estimate of drug-likeness (QED) is 0.789. The van der Waals surface area contributed by atoms with E-state index in [0.29, 0.717) is 5.92 Å². The Labute approximate surface area is 109 Å². The molecule has 0 radical (unpaired) electrons. The smallest absolute Gasteiger partial charge is 0.164 e. The molecule has 2 aliphatic rings. The molecule has 0 aromatic heterocycles. The van der Waals surface area contributed by atoms with Gasteiger partial charge in [0.25, 0.3) is 0 Å². The minimum absolute atomic E-state index is 0.0322. The van der Waals surface area contributed by atoms with Gasteiger partial charge < -0.3 is 10.2 Å². The second-order valence-electron chi connectivity index (χ2n) is 6.37. The molecule has 0 saturated heterocycles. The third-order valence-corrected chi connectivity index (χ3v) is 4.89. The van der Waals surface area contributed by atoms with E-state index in [1.807, 2.05) is 6.92 Å². The van der Waals surface area contributed by atoms with Gasteiger partial charge in [0.15, 0.2) is 5.78 Å². The minimum Gasteiger partial charge on any atom is -0.393 e. The normalized spacial score (nSPS) is 41.8. The molecule has 1 fully saturated rings. The standard InChI is InChI=1S/C15H24O3/c1-8(2)11-6-5-9(3)15(18)12(11)7-13(17)14(15)10(4)16/h7-11,14,16,18H,5-6H2,1-4H3/t9-,10+,11+,14+,15-/m1/s1. The summed E-state index contributed by atoms with van der Waals surface area (Å²) in [4.78, 5) is 12.1. The van der Waals surface area contributed by atoms with Crippen LogP contribution in [-0.2, 0) is 4.79 Å². The van der Waals surface area contributed by atoms with Crippen LogP contribution in [0.5, 0.6) is 0 Å². The molecule has 3 nitrogen and oxygen atoms in total. The zero-order valence-corrected chi connectivity index (χ0v) is 11.7. The Balaban J connectivity index is 2.46. The fourth-order valence-electron chi connectivity index (χ4n) is 3.85. The maximum Gasteiger partial charge on any atom is 0.164 e. The van der Waals surface area contributed by atoms with E-state index in [1.54, 1.807) is 13.0 Å². The predicted molar refractivity (Wildman–Crippen MR) is 69.9 cm³/mol. The Bertz CT molecular complexity index is 383. The topological polar surface area (TPSA) is 57.5 Å².